The molecule has 0 saturated carbocycles. The second kappa shape index (κ2) is 6.21. The van der Waals surface area contributed by atoms with Crippen molar-refractivity contribution in [3.63, 3.8) is 0 Å². The monoisotopic (exact) mass is 291 g/mol. The van der Waals surface area contributed by atoms with Crippen LogP contribution in [0.25, 0.3) is 0 Å². The minimum absolute atomic E-state index is 0.180. The lowest BCUT2D eigenvalue weighted by Crippen LogP contribution is -2.30. The number of rotatable bonds is 3. The van der Waals surface area contributed by atoms with Gasteiger partial charge in [0, 0.05) is 18.7 Å². The highest BCUT2D eigenvalue weighted by Crippen LogP contribution is 2.38. The maximum Gasteiger partial charge on any atom is 0.223 e. The number of thioether (sulfide) groups is 1. The third kappa shape index (κ3) is 3.38. The number of hydrogen-bond donors (Lipinski definition) is 0. The van der Waals surface area contributed by atoms with E-state index in [1.807, 2.05) is 16.7 Å². The molecule has 1 fully saturated rings. The zero-order valence-corrected chi connectivity index (χ0v) is 13.8. The molecule has 1 aliphatic heterocycles. The van der Waals surface area contributed by atoms with Gasteiger partial charge in [0.15, 0.2) is 0 Å². The fourth-order valence-corrected chi connectivity index (χ4v) is 3.78. The molecule has 0 N–H and O–H groups in total. The zero-order valence-electron chi connectivity index (χ0n) is 13.0. The largest absolute Gasteiger partial charge is 0.326 e. The first kappa shape index (κ1) is 15.4. The van der Waals surface area contributed by atoms with Crippen LogP contribution >= 0.6 is 11.8 Å². The molecule has 0 radical (unpaired) electrons. The van der Waals surface area contributed by atoms with Gasteiger partial charge in [-0.05, 0) is 23.0 Å². The molecule has 110 valence electrons. The SMILES string of the molecule is CCCC(=O)N1CCS[C@H]1c1ccc(C(C)(C)C)cc1. The van der Waals surface area contributed by atoms with Crippen LogP contribution in [-0.4, -0.2) is 23.1 Å². The number of amides is 1. The van der Waals surface area contributed by atoms with Crippen LogP contribution < -0.4 is 0 Å². The average molecular weight is 291 g/mol. The van der Waals surface area contributed by atoms with Crippen molar-refractivity contribution in [2.75, 3.05) is 12.3 Å². The predicted octanol–water partition coefficient (Wildman–Crippen LogP) is 4.36. The van der Waals surface area contributed by atoms with Gasteiger partial charge in [0.1, 0.15) is 5.37 Å². The fourth-order valence-electron chi connectivity index (χ4n) is 2.51. The van der Waals surface area contributed by atoms with E-state index >= 15 is 0 Å². The lowest BCUT2D eigenvalue weighted by Gasteiger charge is -2.25. The summed E-state index contributed by atoms with van der Waals surface area (Å²) in [6.45, 7) is 9.62. The summed E-state index contributed by atoms with van der Waals surface area (Å²) >= 11 is 1.88. The summed E-state index contributed by atoms with van der Waals surface area (Å²) in [6.07, 6.45) is 1.59. The smallest absolute Gasteiger partial charge is 0.223 e. The van der Waals surface area contributed by atoms with Crippen LogP contribution in [0.5, 0.6) is 0 Å². The molecule has 2 nitrogen and oxygen atoms in total. The Labute approximate surface area is 126 Å². The third-order valence-electron chi connectivity index (χ3n) is 3.74. The first-order chi connectivity index (χ1) is 9.43. The standard InChI is InChI=1S/C17H25NOS/c1-5-6-15(19)18-11-12-20-16(18)13-7-9-14(10-8-13)17(2,3)4/h7-10,16H,5-6,11-12H2,1-4H3/t16-/m0/s1. The van der Waals surface area contributed by atoms with Crippen LogP contribution in [-0.2, 0) is 10.2 Å². The van der Waals surface area contributed by atoms with E-state index in [0.717, 1.165) is 18.7 Å². The van der Waals surface area contributed by atoms with Crippen molar-refractivity contribution in [3.05, 3.63) is 35.4 Å². The number of benzene rings is 1. The number of hydrogen-bond acceptors (Lipinski definition) is 2. The number of carbonyl (C=O) groups excluding carboxylic acids is 1. The van der Waals surface area contributed by atoms with Crippen LogP contribution in [0.3, 0.4) is 0 Å². The van der Waals surface area contributed by atoms with Crippen LogP contribution in [0, 0.1) is 0 Å². The number of nitrogens with zero attached hydrogens (tertiary/aromatic N) is 1. The average Bonchev–Trinajstić information content (AvgIpc) is 2.87. The van der Waals surface area contributed by atoms with E-state index in [2.05, 4.69) is 52.0 Å². The zero-order chi connectivity index (χ0) is 14.8. The fraction of sp³-hybridized carbons (Fsp3) is 0.588. The van der Waals surface area contributed by atoms with Gasteiger partial charge in [-0.25, -0.2) is 0 Å². The van der Waals surface area contributed by atoms with Crippen molar-refractivity contribution in [2.45, 2.75) is 51.3 Å². The van der Waals surface area contributed by atoms with Crippen LogP contribution in [0.15, 0.2) is 24.3 Å². The molecule has 1 heterocycles. The molecule has 0 bridgehead atoms. The van der Waals surface area contributed by atoms with Gasteiger partial charge in [-0.3, -0.25) is 4.79 Å². The Morgan fingerprint density at radius 2 is 1.95 bits per heavy atom. The highest BCUT2D eigenvalue weighted by Gasteiger charge is 2.30. The van der Waals surface area contributed by atoms with Gasteiger partial charge in [-0.15, -0.1) is 11.8 Å². The first-order valence-corrected chi connectivity index (χ1v) is 8.50. The van der Waals surface area contributed by atoms with Crippen molar-refractivity contribution in [2.24, 2.45) is 0 Å². The lowest BCUT2D eigenvalue weighted by molar-refractivity contribution is -0.131. The summed E-state index contributed by atoms with van der Waals surface area (Å²) in [7, 11) is 0. The molecule has 1 aromatic rings. The van der Waals surface area contributed by atoms with Crippen LogP contribution in [0.2, 0.25) is 0 Å². The Kier molecular flexibility index (Phi) is 4.79. The van der Waals surface area contributed by atoms with Crippen LogP contribution in [0.1, 0.15) is 57.0 Å². The van der Waals surface area contributed by atoms with E-state index in [4.69, 9.17) is 0 Å². The van der Waals surface area contributed by atoms with Gasteiger partial charge in [-0.2, -0.15) is 0 Å². The van der Waals surface area contributed by atoms with Crippen molar-refractivity contribution in [1.82, 2.24) is 4.90 Å². The summed E-state index contributed by atoms with van der Waals surface area (Å²) < 4.78 is 0. The Morgan fingerprint density at radius 3 is 2.50 bits per heavy atom. The van der Waals surface area contributed by atoms with E-state index in [1.54, 1.807) is 0 Å². The summed E-state index contributed by atoms with van der Waals surface area (Å²) in [6, 6.07) is 8.79. The van der Waals surface area contributed by atoms with Gasteiger partial charge in [0.2, 0.25) is 5.91 Å². The molecule has 0 aliphatic carbocycles. The lowest BCUT2D eigenvalue weighted by atomic mass is 9.86. The van der Waals surface area contributed by atoms with Crippen molar-refractivity contribution in [3.8, 4) is 0 Å². The van der Waals surface area contributed by atoms with E-state index < -0.39 is 0 Å². The summed E-state index contributed by atoms with van der Waals surface area (Å²) in [5.41, 5.74) is 2.78. The Morgan fingerprint density at radius 1 is 1.30 bits per heavy atom. The molecule has 1 aromatic carbocycles. The highest BCUT2D eigenvalue weighted by atomic mass is 32.2. The molecule has 0 aromatic heterocycles. The van der Waals surface area contributed by atoms with Gasteiger partial charge >= 0.3 is 0 Å². The highest BCUT2D eigenvalue weighted by molar-refractivity contribution is 7.99. The van der Waals surface area contributed by atoms with Crippen molar-refractivity contribution < 1.29 is 4.79 Å². The van der Waals surface area contributed by atoms with E-state index in [0.29, 0.717) is 12.3 Å². The van der Waals surface area contributed by atoms with Crippen molar-refractivity contribution >= 4 is 17.7 Å². The molecule has 2 rings (SSSR count). The minimum Gasteiger partial charge on any atom is -0.326 e. The molecule has 20 heavy (non-hydrogen) atoms. The normalized spacial score (nSPS) is 19.4. The van der Waals surface area contributed by atoms with Gasteiger partial charge in [-0.1, -0.05) is 52.0 Å². The Hall–Kier alpha value is -0.960. The molecular formula is C17H25NOS. The quantitative estimate of drug-likeness (QED) is 0.825. The Balaban J connectivity index is 2.16. The molecule has 1 atom stereocenters. The molecular weight excluding hydrogens is 266 g/mol. The molecule has 0 unspecified atom stereocenters. The molecule has 1 saturated heterocycles. The van der Waals surface area contributed by atoms with E-state index in [-0.39, 0.29) is 10.8 Å². The number of carbonyl (C=O) groups is 1. The molecule has 3 heteroatoms. The maximum atomic E-state index is 12.2. The predicted molar refractivity (Wildman–Crippen MR) is 87.0 cm³/mol. The Bertz CT molecular complexity index is 461. The topological polar surface area (TPSA) is 20.3 Å². The summed E-state index contributed by atoms with van der Waals surface area (Å²) in [5, 5.41) is 0.211. The molecule has 0 spiro atoms. The van der Waals surface area contributed by atoms with E-state index in [1.165, 1.54) is 11.1 Å². The second-order valence-electron chi connectivity index (χ2n) is 6.43. The van der Waals surface area contributed by atoms with Gasteiger partial charge in [0.05, 0.1) is 0 Å². The molecule has 1 aliphatic rings. The third-order valence-corrected chi connectivity index (χ3v) is 5.00. The summed E-state index contributed by atoms with van der Waals surface area (Å²) in [4.78, 5) is 14.2. The van der Waals surface area contributed by atoms with E-state index in [9.17, 15) is 4.79 Å². The van der Waals surface area contributed by atoms with Gasteiger partial charge in [0.25, 0.3) is 0 Å². The second-order valence-corrected chi connectivity index (χ2v) is 7.62. The van der Waals surface area contributed by atoms with Crippen LogP contribution in [0.4, 0.5) is 0 Å². The maximum absolute atomic E-state index is 12.2. The first-order valence-electron chi connectivity index (χ1n) is 7.45. The van der Waals surface area contributed by atoms with Crippen molar-refractivity contribution in [1.29, 1.82) is 0 Å². The molecule has 1 amide bonds. The van der Waals surface area contributed by atoms with Gasteiger partial charge < -0.3 is 4.90 Å². The minimum atomic E-state index is 0.180. The summed E-state index contributed by atoms with van der Waals surface area (Å²) in [5.74, 6) is 1.34.